The van der Waals surface area contributed by atoms with Gasteiger partial charge in [0, 0.05) is 45.2 Å². The molecule has 10 nitrogen and oxygen atoms in total. The molecule has 1 aromatic carbocycles. The van der Waals surface area contributed by atoms with Gasteiger partial charge in [-0.15, -0.1) is 0 Å². The molecule has 0 spiro atoms. The SMILES string of the molecule is CC(=O)N(O)CC1CN(c2cc(F)c(N3CCN(C(=O)CO)CC3)c(F)c2)C(=O)O1. The van der Waals surface area contributed by atoms with E-state index >= 15 is 0 Å². The van der Waals surface area contributed by atoms with Crippen molar-refractivity contribution >= 4 is 29.3 Å². The molecule has 1 aromatic rings. The van der Waals surface area contributed by atoms with Crippen molar-refractivity contribution in [2.45, 2.75) is 13.0 Å². The number of hydroxylamine groups is 2. The summed E-state index contributed by atoms with van der Waals surface area (Å²) in [6, 6.07) is 2.02. The number of amides is 3. The molecule has 2 heterocycles. The number of hydrogen-bond donors (Lipinski definition) is 2. The third-order valence-electron chi connectivity index (χ3n) is 5.01. The minimum atomic E-state index is -0.879. The highest BCUT2D eigenvalue weighted by atomic mass is 19.1. The van der Waals surface area contributed by atoms with Crippen molar-refractivity contribution in [1.82, 2.24) is 9.96 Å². The summed E-state index contributed by atoms with van der Waals surface area (Å²) in [7, 11) is 0. The van der Waals surface area contributed by atoms with Gasteiger partial charge in [0.25, 0.3) is 0 Å². The second-order valence-electron chi connectivity index (χ2n) is 7.00. The molecule has 0 bridgehead atoms. The van der Waals surface area contributed by atoms with Crippen LogP contribution in [0.4, 0.5) is 25.0 Å². The van der Waals surface area contributed by atoms with Crippen molar-refractivity contribution in [3.05, 3.63) is 23.8 Å². The average Bonchev–Trinajstić information content (AvgIpc) is 3.07. The number of ether oxygens (including phenoxy) is 1. The number of carbonyl (C=O) groups excluding carboxylic acids is 3. The lowest BCUT2D eigenvalue weighted by atomic mass is 10.2. The number of halogens is 2. The van der Waals surface area contributed by atoms with E-state index in [2.05, 4.69) is 0 Å². The van der Waals surface area contributed by atoms with E-state index in [-0.39, 0.29) is 50.6 Å². The molecule has 12 heteroatoms. The second-order valence-corrected chi connectivity index (χ2v) is 7.00. The maximum absolute atomic E-state index is 14.7. The van der Waals surface area contributed by atoms with Gasteiger partial charge in [-0.2, -0.15) is 0 Å². The number of rotatable bonds is 5. The molecule has 0 radical (unpaired) electrons. The van der Waals surface area contributed by atoms with E-state index < -0.39 is 42.3 Å². The molecule has 0 aromatic heterocycles. The Morgan fingerprint density at radius 1 is 1.20 bits per heavy atom. The van der Waals surface area contributed by atoms with Gasteiger partial charge in [-0.3, -0.25) is 19.7 Å². The van der Waals surface area contributed by atoms with Crippen molar-refractivity contribution in [2.75, 3.05) is 55.7 Å². The zero-order valence-electron chi connectivity index (χ0n) is 16.3. The topological polar surface area (TPSA) is 114 Å². The number of hydrogen-bond acceptors (Lipinski definition) is 7. The van der Waals surface area contributed by atoms with Crippen molar-refractivity contribution in [3.8, 4) is 0 Å². The first-order valence-corrected chi connectivity index (χ1v) is 9.29. The maximum atomic E-state index is 14.7. The Morgan fingerprint density at radius 3 is 2.33 bits per heavy atom. The largest absolute Gasteiger partial charge is 0.442 e. The predicted octanol–water partition coefficient (Wildman–Crippen LogP) is 0.169. The van der Waals surface area contributed by atoms with Crippen LogP contribution < -0.4 is 9.80 Å². The number of aliphatic hydroxyl groups excluding tert-OH is 1. The van der Waals surface area contributed by atoms with Crippen molar-refractivity contribution in [2.24, 2.45) is 0 Å². The fourth-order valence-corrected chi connectivity index (χ4v) is 3.44. The Balaban J connectivity index is 1.71. The van der Waals surface area contributed by atoms with Crippen LogP contribution in [0.2, 0.25) is 0 Å². The van der Waals surface area contributed by atoms with Crippen LogP contribution in [0.25, 0.3) is 0 Å². The monoisotopic (exact) mass is 428 g/mol. The average molecular weight is 428 g/mol. The molecule has 2 aliphatic heterocycles. The van der Waals surface area contributed by atoms with E-state index in [1.807, 2.05) is 0 Å². The van der Waals surface area contributed by atoms with Gasteiger partial charge < -0.3 is 19.6 Å². The summed E-state index contributed by atoms with van der Waals surface area (Å²) in [5.41, 5.74) is -0.320. The van der Waals surface area contributed by atoms with Crippen LogP contribution in [0.15, 0.2) is 12.1 Å². The Kier molecular flexibility index (Phi) is 6.37. The highest BCUT2D eigenvalue weighted by molar-refractivity contribution is 5.90. The smallest absolute Gasteiger partial charge is 0.414 e. The van der Waals surface area contributed by atoms with Crippen molar-refractivity contribution in [1.29, 1.82) is 0 Å². The lowest BCUT2D eigenvalue weighted by molar-refractivity contribution is -0.166. The first-order valence-electron chi connectivity index (χ1n) is 9.29. The third kappa shape index (κ3) is 4.44. The minimum Gasteiger partial charge on any atom is -0.442 e. The van der Waals surface area contributed by atoms with Crippen LogP contribution in [0.3, 0.4) is 0 Å². The number of carbonyl (C=O) groups is 3. The molecule has 2 fully saturated rings. The van der Waals surface area contributed by atoms with Crippen molar-refractivity contribution in [3.63, 3.8) is 0 Å². The molecule has 1 unspecified atom stereocenters. The lowest BCUT2D eigenvalue weighted by Gasteiger charge is -2.36. The van der Waals surface area contributed by atoms with Gasteiger partial charge >= 0.3 is 6.09 Å². The Labute approximate surface area is 170 Å². The fraction of sp³-hybridized carbons (Fsp3) is 0.500. The molecule has 3 rings (SSSR count). The summed E-state index contributed by atoms with van der Waals surface area (Å²) in [6.45, 7) is 0.958. The number of anilines is 2. The van der Waals surface area contributed by atoms with Crippen LogP contribution in [-0.4, -0.2) is 90.2 Å². The highest BCUT2D eigenvalue weighted by Crippen LogP contribution is 2.31. The van der Waals surface area contributed by atoms with Crippen LogP contribution in [0, 0.1) is 11.6 Å². The van der Waals surface area contributed by atoms with Gasteiger partial charge in [-0.1, -0.05) is 0 Å². The summed E-state index contributed by atoms with van der Waals surface area (Å²) in [5, 5.41) is 18.8. The molecule has 2 N–H and O–H groups in total. The van der Waals surface area contributed by atoms with Crippen LogP contribution in [0.5, 0.6) is 0 Å². The molecule has 2 saturated heterocycles. The van der Waals surface area contributed by atoms with Gasteiger partial charge in [-0.05, 0) is 0 Å². The number of cyclic esters (lactones) is 1. The van der Waals surface area contributed by atoms with E-state index in [1.54, 1.807) is 0 Å². The normalized spacial score (nSPS) is 19.2. The molecule has 0 saturated carbocycles. The standard InChI is InChI=1S/C18H22F2N4O6/c1-11(26)24(29)9-13-8-23(18(28)30-13)12-6-14(19)17(15(20)7-12)22-4-2-21(3-5-22)16(27)10-25/h6-7,13,25,29H,2-5,8-10H2,1H3. The first-order chi connectivity index (χ1) is 14.2. The molecular weight excluding hydrogens is 406 g/mol. The highest BCUT2D eigenvalue weighted by Gasteiger charge is 2.35. The molecule has 3 amide bonds. The summed E-state index contributed by atoms with van der Waals surface area (Å²) in [5.74, 6) is -2.84. The third-order valence-corrected chi connectivity index (χ3v) is 5.01. The summed E-state index contributed by atoms with van der Waals surface area (Å²) in [6.07, 6.45) is -1.70. The number of benzene rings is 1. The van der Waals surface area contributed by atoms with E-state index in [4.69, 9.17) is 9.84 Å². The first kappa shape index (κ1) is 21.7. The Hall–Kier alpha value is -2.99. The molecule has 2 aliphatic rings. The number of piperazine rings is 1. The number of nitrogens with zero attached hydrogens (tertiary/aromatic N) is 4. The fourth-order valence-electron chi connectivity index (χ4n) is 3.44. The number of aliphatic hydroxyl groups is 1. The second kappa shape index (κ2) is 8.79. The van der Waals surface area contributed by atoms with E-state index in [9.17, 15) is 28.4 Å². The van der Waals surface area contributed by atoms with Gasteiger partial charge in [0.2, 0.25) is 11.8 Å². The Bertz CT molecular complexity index is 823. The maximum Gasteiger partial charge on any atom is 0.414 e. The van der Waals surface area contributed by atoms with Crippen LogP contribution in [-0.2, 0) is 14.3 Å². The van der Waals surface area contributed by atoms with Crippen molar-refractivity contribution < 1.29 is 38.2 Å². The van der Waals surface area contributed by atoms with Crippen LogP contribution >= 0.6 is 0 Å². The molecule has 1 atom stereocenters. The minimum absolute atomic E-state index is 0.0531. The van der Waals surface area contributed by atoms with E-state index in [0.29, 0.717) is 5.06 Å². The lowest BCUT2D eigenvalue weighted by Crippen LogP contribution is -2.50. The van der Waals surface area contributed by atoms with Gasteiger partial charge in [-0.25, -0.2) is 18.6 Å². The van der Waals surface area contributed by atoms with Gasteiger partial charge in [0.15, 0.2) is 11.6 Å². The zero-order valence-corrected chi connectivity index (χ0v) is 16.3. The summed E-state index contributed by atoms with van der Waals surface area (Å²) < 4.78 is 34.5. The van der Waals surface area contributed by atoms with E-state index in [0.717, 1.165) is 24.0 Å². The van der Waals surface area contributed by atoms with Gasteiger partial charge in [0.1, 0.15) is 18.4 Å². The molecule has 164 valence electrons. The molecular formula is C18H22F2N4O6. The molecule has 30 heavy (non-hydrogen) atoms. The quantitative estimate of drug-likeness (QED) is 0.508. The molecule has 0 aliphatic carbocycles. The summed E-state index contributed by atoms with van der Waals surface area (Å²) in [4.78, 5) is 38.6. The van der Waals surface area contributed by atoms with Gasteiger partial charge in [0.05, 0.1) is 18.8 Å². The van der Waals surface area contributed by atoms with E-state index in [1.165, 1.54) is 9.80 Å². The predicted molar refractivity (Wildman–Crippen MR) is 99.0 cm³/mol. The van der Waals surface area contributed by atoms with Crippen LogP contribution in [0.1, 0.15) is 6.92 Å². The Morgan fingerprint density at radius 2 is 1.80 bits per heavy atom. The zero-order chi connectivity index (χ0) is 22.0. The summed E-state index contributed by atoms with van der Waals surface area (Å²) >= 11 is 0.